The molecule has 0 spiro atoms. The third kappa shape index (κ3) is 3.93. The maximum absolute atomic E-state index is 11.9. The molecule has 6 nitrogen and oxygen atoms in total. The molecule has 0 amide bonds. The minimum atomic E-state index is -3.90. The van der Waals surface area contributed by atoms with Gasteiger partial charge < -0.3 is 9.84 Å². The van der Waals surface area contributed by atoms with Gasteiger partial charge >= 0.3 is 5.97 Å². The van der Waals surface area contributed by atoms with E-state index >= 15 is 0 Å². The van der Waals surface area contributed by atoms with Crippen LogP contribution in [0.5, 0.6) is 0 Å². The Morgan fingerprint density at radius 1 is 1.29 bits per heavy atom. The molecule has 0 fully saturated rings. The molecule has 0 aromatic heterocycles. The number of sulfonamides is 1. The molecule has 0 saturated carbocycles. The predicted molar refractivity (Wildman–Crippen MR) is 63.9 cm³/mol. The van der Waals surface area contributed by atoms with E-state index in [0.29, 0.717) is 0 Å². The number of ether oxygens (including phenoxy) is 1. The molecule has 1 unspecified atom stereocenters. The number of nitrogens with one attached hydrogen (secondary N) is 1. The van der Waals surface area contributed by atoms with Crippen molar-refractivity contribution in [2.45, 2.75) is 51.0 Å². The maximum Gasteiger partial charge on any atom is 0.325 e. The van der Waals surface area contributed by atoms with Crippen molar-refractivity contribution in [2.75, 3.05) is 7.11 Å². The van der Waals surface area contributed by atoms with Crippen molar-refractivity contribution in [2.24, 2.45) is 0 Å². The summed E-state index contributed by atoms with van der Waals surface area (Å²) in [6.45, 7) is 7.27. The van der Waals surface area contributed by atoms with Crippen molar-refractivity contribution in [3.63, 3.8) is 0 Å². The molecule has 0 saturated heterocycles. The molecular weight excluding hydrogens is 246 g/mol. The fourth-order valence-corrected chi connectivity index (χ4v) is 2.35. The molecule has 1 atom stereocenters. The fourth-order valence-electron chi connectivity index (χ4n) is 0.862. The van der Waals surface area contributed by atoms with E-state index in [4.69, 9.17) is 0 Å². The molecule has 7 heteroatoms. The summed E-state index contributed by atoms with van der Waals surface area (Å²) in [5, 5.41) is 8.52. The van der Waals surface area contributed by atoms with Crippen molar-refractivity contribution >= 4 is 16.0 Å². The van der Waals surface area contributed by atoms with Gasteiger partial charge in [-0.3, -0.25) is 4.79 Å². The molecule has 0 bridgehead atoms. The van der Waals surface area contributed by atoms with Crippen LogP contribution in [0.1, 0.15) is 34.6 Å². The van der Waals surface area contributed by atoms with Crippen molar-refractivity contribution in [3.8, 4) is 0 Å². The van der Waals surface area contributed by atoms with Crippen molar-refractivity contribution < 1.29 is 23.1 Å². The number of methoxy groups -OCH3 is 1. The summed E-state index contributed by atoms with van der Waals surface area (Å²) in [6, 6.07) is 0. The van der Waals surface area contributed by atoms with Gasteiger partial charge in [0, 0.05) is 0 Å². The van der Waals surface area contributed by atoms with Crippen LogP contribution < -0.4 is 4.72 Å². The number of hydrogen-bond acceptors (Lipinski definition) is 5. The first kappa shape index (κ1) is 16.3. The van der Waals surface area contributed by atoms with E-state index in [-0.39, 0.29) is 0 Å². The number of carbonyl (C=O) groups excluding carboxylic acids is 1. The number of aliphatic hydroxyl groups is 1. The molecule has 0 aromatic carbocycles. The lowest BCUT2D eigenvalue weighted by atomic mass is 9.87. The zero-order chi connectivity index (χ0) is 14.1. The Bertz CT molecular complexity index is 380. The topological polar surface area (TPSA) is 92.7 Å². The van der Waals surface area contributed by atoms with Crippen molar-refractivity contribution in [3.05, 3.63) is 0 Å². The van der Waals surface area contributed by atoms with E-state index in [1.165, 1.54) is 34.6 Å². The van der Waals surface area contributed by atoms with Crippen LogP contribution in [0.3, 0.4) is 0 Å². The summed E-state index contributed by atoms with van der Waals surface area (Å²) >= 11 is 0. The Morgan fingerprint density at radius 3 is 2.00 bits per heavy atom. The molecule has 2 N–H and O–H groups in total. The highest BCUT2D eigenvalue weighted by Gasteiger charge is 2.41. The van der Waals surface area contributed by atoms with Crippen LogP contribution >= 0.6 is 0 Å². The second-order valence-corrected chi connectivity index (χ2v) is 7.00. The Hall–Kier alpha value is -0.660. The fraction of sp³-hybridized carbons (Fsp3) is 0.900. The van der Waals surface area contributed by atoms with Gasteiger partial charge in [0.05, 0.1) is 18.2 Å². The summed E-state index contributed by atoms with van der Waals surface area (Å²) in [5.41, 5.74) is -2.37. The van der Waals surface area contributed by atoms with Gasteiger partial charge in [-0.1, -0.05) is 0 Å². The van der Waals surface area contributed by atoms with Crippen LogP contribution in [-0.4, -0.2) is 43.0 Å². The predicted octanol–water partition coefficient (Wildman–Crippen LogP) is 0.0168. The molecule has 0 aliphatic rings. The second-order valence-electron chi connectivity index (χ2n) is 5.00. The minimum Gasteiger partial charge on any atom is -0.468 e. The van der Waals surface area contributed by atoms with Gasteiger partial charge in [0.1, 0.15) is 0 Å². The summed E-state index contributed by atoms with van der Waals surface area (Å²) < 4.78 is 30.4. The van der Waals surface area contributed by atoms with E-state index in [0.717, 1.165) is 7.11 Å². The van der Waals surface area contributed by atoms with Gasteiger partial charge in [-0.15, -0.1) is 0 Å². The Kier molecular flexibility index (Phi) is 4.72. The lowest BCUT2D eigenvalue weighted by Gasteiger charge is -2.38. The first-order valence-corrected chi connectivity index (χ1v) is 6.73. The zero-order valence-corrected chi connectivity index (χ0v) is 11.9. The monoisotopic (exact) mass is 267 g/mol. The van der Waals surface area contributed by atoms with Crippen LogP contribution in [0.2, 0.25) is 0 Å². The highest BCUT2D eigenvalue weighted by molar-refractivity contribution is 7.90. The average Bonchev–Trinajstić information content (AvgIpc) is 2.12. The number of carbonyl (C=O) groups is 1. The smallest absolute Gasteiger partial charge is 0.325 e. The first-order valence-electron chi connectivity index (χ1n) is 5.18. The van der Waals surface area contributed by atoms with E-state index < -0.39 is 32.4 Å². The number of rotatable bonds is 5. The summed E-state index contributed by atoms with van der Waals surface area (Å²) in [7, 11) is -2.78. The molecule has 0 heterocycles. The van der Waals surface area contributed by atoms with Gasteiger partial charge in [0.25, 0.3) is 0 Å². The molecule has 0 aliphatic carbocycles. The Balaban J connectivity index is 5.09. The molecule has 102 valence electrons. The van der Waals surface area contributed by atoms with E-state index in [2.05, 4.69) is 9.46 Å². The quantitative estimate of drug-likeness (QED) is 0.685. The minimum absolute atomic E-state index is 0.843. The highest BCUT2D eigenvalue weighted by Crippen LogP contribution is 2.22. The molecule has 0 aromatic rings. The van der Waals surface area contributed by atoms with Crippen LogP contribution in [0.4, 0.5) is 0 Å². The van der Waals surface area contributed by atoms with Crippen LogP contribution in [0.25, 0.3) is 0 Å². The molecule has 0 radical (unpaired) electrons. The highest BCUT2D eigenvalue weighted by atomic mass is 32.2. The first-order chi connectivity index (χ1) is 7.35. The second kappa shape index (κ2) is 4.91. The largest absolute Gasteiger partial charge is 0.468 e. The molecule has 0 aliphatic heterocycles. The molecule has 17 heavy (non-hydrogen) atoms. The maximum atomic E-state index is 11.9. The van der Waals surface area contributed by atoms with Crippen LogP contribution in [0, 0.1) is 0 Å². The van der Waals surface area contributed by atoms with E-state index in [9.17, 15) is 18.3 Å². The van der Waals surface area contributed by atoms with Gasteiger partial charge in [-0.05, 0) is 34.6 Å². The van der Waals surface area contributed by atoms with Gasteiger partial charge in [-0.2, -0.15) is 0 Å². The van der Waals surface area contributed by atoms with Gasteiger partial charge in [-0.25, -0.2) is 13.1 Å². The van der Waals surface area contributed by atoms with Crippen molar-refractivity contribution in [1.82, 2.24) is 4.72 Å². The summed E-state index contributed by atoms with van der Waals surface area (Å²) in [5.74, 6) is -0.843. The third-order valence-electron chi connectivity index (χ3n) is 2.93. The van der Waals surface area contributed by atoms with Crippen LogP contribution in [-0.2, 0) is 19.6 Å². The standard InChI is InChI=1S/C10H21NO5S/c1-7(8(12)16-6)17(14,15)11-9(2,3)10(4,5)13/h7,11,13H,1-6H3. The molecular formula is C10H21NO5S. The SMILES string of the molecule is COC(=O)C(C)S(=O)(=O)NC(C)(C)C(C)(C)O. The zero-order valence-electron chi connectivity index (χ0n) is 11.1. The van der Waals surface area contributed by atoms with E-state index in [1.807, 2.05) is 0 Å². The number of esters is 1. The Morgan fingerprint density at radius 2 is 1.71 bits per heavy atom. The molecule has 0 rings (SSSR count). The van der Waals surface area contributed by atoms with E-state index in [1.54, 1.807) is 0 Å². The summed E-state index contributed by atoms with van der Waals surface area (Å²) in [4.78, 5) is 11.2. The van der Waals surface area contributed by atoms with Gasteiger partial charge in [0.2, 0.25) is 10.0 Å². The van der Waals surface area contributed by atoms with Crippen LogP contribution in [0.15, 0.2) is 0 Å². The van der Waals surface area contributed by atoms with Crippen molar-refractivity contribution in [1.29, 1.82) is 0 Å². The third-order valence-corrected chi connectivity index (χ3v) is 4.84. The lowest BCUT2D eigenvalue weighted by molar-refractivity contribution is -0.139. The summed E-state index contributed by atoms with van der Waals surface area (Å²) in [6.07, 6.45) is 0. The average molecular weight is 267 g/mol. The van der Waals surface area contributed by atoms with Gasteiger partial charge in [0.15, 0.2) is 5.25 Å². The Labute approximate surface area is 102 Å². The lowest BCUT2D eigenvalue weighted by Crippen LogP contribution is -2.59. The number of hydrogen-bond donors (Lipinski definition) is 2. The normalized spacial score (nSPS) is 15.5.